The highest BCUT2D eigenvalue weighted by atomic mass is 79.9. The van der Waals surface area contributed by atoms with Crippen molar-refractivity contribution in [2.24, 2.45) is 0 Å². The number of hydrogen-bond donors (Lipinski definition) is 2. The monoisotopic (exact) mass is 306 g/mol. The minimum absolute atomic E-state index is 0.0900. The van der Waals surface area contributed by atoms with E-state index in [9.17, 15) is 8.42 Å². The Kier molecular flexibility index (Phi) is 4.21. The first-order chi connectivity index (χ1) is 7.35. The standard InChI is InChI=1S/C10H15BrN2O2S/c1-3-4-16(14,15)13-10-8(11)5-7(2)6-9(10)12/h5-6,13H,3-4,12H2,1-2H3. The van der Waals surface area contributed by atoms with Crippen LogP contribution in [0.4, 0.5) is 11.4 Å². The van der Waals surface area contributed by atoms with Crippen molar-refractivity contribution in [2.75, 3.05) is 16.2 Å². The number of hydrogen-bond acceptors (Lipinski definition) is 3. The van der Waals surface area contributed by atoms with Crippen LogP contribution < -0.4 is 10.5 Å². The van der Waals surface area contributed by atoms with Crippen LogP contribution in [0.25, 0.3) is 0 Å². The van der Waals surface area contributed by atoms with E-state index in [0.29, 0.717) is 22.3 Å². The lowest BCUT2D eigenvalue weighted by atomic mass is 10.2. The van der Waals surface area contributed by atoms with Crippen LogP contribution in [0.1, 0.15) is 18.9 Å². The largest absolute Gasteiger partial charge is 0.397 e. The molecule has 0 saturated carbocycles. The number of sulfonamides is 1. The highest BCUT2D eigenvalue weighted by Gasteiger charge is 2.13. The number of anilines is 2. The SMILES string of the molecule is CCCS(=O)(=O)Nc1c(N)cc(C)cc1Br. The van der Waals surface area contributed by atoms with Crippen molar-refractivity contribution in [3.63, 3.8) is 0 Å². The van der Waals surface area contributed by atoms with Crippen molar-refractivity contribution >= 4 is 37.3 Å². The highest BCUT2D eigenvalue weighted by molar-refractivity contribution is 9.10. The maximum atomic E-state index is 11.6. The van der Waals surface area contributed by atoms with Gasteiger partial charge in [0, 0.05) is 4.47 Å². The molecular weight excluding hydrogens is 292 g/mol. The molecule has 0 aliphatic rings. The van der Waals surface area contributed by atoms with Gasteiger partial charge in [0.15, 0.2) is 0 Å². The quantitative estimate of drug-likeness (QED) is 0.839. The maximum absolute atomic E-state index is 11.6. The van der Waals surface area contributed by atoms with E-state index >= 15 is 0 Å². The van der Waals surface area contributed by atoms with Crippen LogP contribution in [0.3, 0.4) is 0 Å². The van der Waals surface area contributed by atoms with Gasteiger partial charge in [-0.05, 0) is 47.0 Å². The van der Waals surface area contributed by atoms with Crippen LogP contribution in [-0.2, 0) is 10.0 Å². The molecule has 0 saturated heterocycles. The molecule has 1 aromatic rings. The molecule has 0 aromatic heterocycles. The summed E-state index contributed by atoms with van der Waals surface area (Å²) in [5, 5.41) is 0. The first kappa shape index (κ1) is 13.3. The topological polar surface area (TPSA) is 72.2 Å². The number of nitrogen functional groups attached to an aromatic ring is 1. The molecule has 1 aromatic carbocycles. The summed E-state index contributed by atoms with van der Waals surface area (Å²) in [6, 6.07) is 3.55. The van der Waals surface area contributed by atoms with E-state index in [0.717, 1.165) is 5.56 Å². The van der Waals surface area contributed by atoms with Crippen LogP contribution in [-0.4, -0.2) is 14.2 Å². The summed E-state index contributed by atoms with van der Waals surface area (Å²) in [7, 11) is -3.30. The summed E-state index contributed by atoms with van der Waals surface area (Å²) in [6.45, 7) is 3.71. The molecule has 0 fully saturated rings. The molecule has 6 heteroatoms. The van der Waals surface area contributed by atoms with Gasteiger partial charge in [-0.15, -0.1) is 0 Å². The van der Waals surface area contributed by atoms with Crippen LogP contribution >= 0.6 is 15.9 Å². The van der Waals surface area contributed by atoms with Crippen LogP contribution in [0.5, 0.6) is 0 Å². The second-order valence-corrected chi connectivity index (χ2v) is 6.33. The van der Waals surface area contributed by atoms with Gasteiger partial charge in [0.05, 0.1) is 17.1 Å². The van der Waals surface area contributed by atoms with Crippen molar-refractivity contribution in [1.29, 1.82) is 0 Å². The average molecular weight is 307 g/mol. The second-order valence-electron chi connectivity index (χ2n) is 3.63. The molecule has 0 spiro atoms. The number of nitrogens with two attached hydrogens (primary N) is 1. The number of benzene rings is 1. The molecule has 0 radical (unpaired) electrons. The highest BCUT2D eigenvalue weighted by Crippen LogP contribution is 2.31. The van der Waals surface area contributed by atoms with Crippen molar-refractivity contribution in [3.05, 3.63) is 22.2 Å². The number of aryl methyl sites for hydroxylation is 1. The first-order valence-electron chi connectivity index (χ1n) is 4.92. The van der Waals surface area contributed by atoms with Crippen LogP contribution in [0, 0.1) is 6.92 Å². The summed E-state index contributed by atoms with van der Waals surface area (Å²) < 4.78 is 26.3. The first-order valence-corrected chi connectivity index (χ1v) is 7.36. The Labute approximate surface area is 104 Å². The van der Waals surface area contributed by atoms with E-state index in [1.165, 1.54) is 0 Å². The Hall–Kier alpha value is -0.750. The molecule has 0 heterocycles. The van der Waals surface area contributed by atoms with Crippen molar-refractivity contribution in [2.45, 2.75) is 20.3 Å². The predicted molar refractivity (Wildman–Crippen MR) is 71.0 cm³/mol. The number of halogens is 1. The van der Waals surface area contributed by atoms with Gasteiger partial charge in [0.2, 0.25) is 10.0 Å². The fraction of sp³-hybridized carbons (Fsp3) is 0.400. The Morgan fingerprint density at radius 1 is 1.44 bits per heavy atom. The van der Waals surface area contributed by atoms with E-state index in [2.05, 4.69) is 20.7 Å². The third-order valence-corrected chi connectivity index (χ3v) is 4.08. The Morgan fingerprint density at radius 3 is 2.56 bits per heavy atom. The van der Waals surface area contributed by atoms with Crippen LogP contribution in [0.15, 0.2) is 16.6 Å². The lowest BCUT2D eigenvalue weighted by Gasteiger charge is -2.12. The molecule has 1 rings (SSSR count). The fourth-order valence-electron chi connectivity index (χ4n) is 1.35. The maximum Gasteiger partial charge on any atom is 0.232 e. The molecule has 3 N–H and O–H groups in total. The Bertz CT molecular complexity index is 463. The van der Waals surface area contributed by atoms with E-state index in [1.807, 2.05) is 19.9 Å². The Morgan fingerprint density at radius 2 is 2.06 bits per heavy atom. The molecule has 0 bridgehead atoms. The molecule has 4 nitrogen and oxygen atoms in total. The van der Waals surface area contributed by atoms with Gasteiger partial charge in [-0.25, -0.2) is 8.42 Å². The van der Waals surface area contributed by atoms with Crippen molar-refractivity contribution in [1.82, 2.24) is 0 Å². The van der Waals surface area contributed by atoms with Gasteiger partial charge < -0.3 is 5.73 Å². The van der Waals surface area contributed by atoms with E-state index < -0.39 is 10.0 Å². The predicted octanol–water partition coefficient (Wildman–Crippen LogP) is 2.49. The van der Waals surface area contributed by atoms with Crippen molar-refractivity contribution < 1.29 is 8.42 Å². The third kappa shape index (κ3) is 3.38. The molecular formula is C10H15BrN2O2S. The fourth-order valence-corrected chi connectivity index (χ4v) is 3.35. The second kappa shape index (κ2) is 5.05. The lowest BCUT2D eigenvalue weighted by molar-refractivity contribution is 0.600. The summed E-state index contributed by atoms with van der Waals surface area (Å²) in [4.78, 5) is 0. The third-order valence-electron chi connectivity index (χ3n) is 2.00. The molecule has 0 aliphatic heterocycles. The summed E-state index contributed by atoms with van der Waals surface area (Å²) in [5.41, 5.74) is 7.58. The zero-order valence-corrected chi connectivity index (χ0v) is 11.7. The molecule has 0 unspecified atom stereocenters. The molecule has 0 aliphatic carbocycles. The van der Waals surface area contributed by atoms with Crippen molar-refractivity contribution in [3.8, 4) is 0 Å². The normalized spacial score (nSPS) is 11.4. The Balaban J connectivity index is 3.07. The molecule has 90 valence electrons. The van der Waals surface area contributed by atoms with E-state index in [4.69, 9.17) is 5.73 Å². The van der Waals surface area contributed by atoms with Gasteiger partial charge in [-0.2, -0.15) is 0 Å². The zero-order chi connectivity index (χ0) is 12.3. The average Bonchev–Trinajstić information content (AvgIpc) is 2.11. The van der Waals surface area contributed by atoms with Gasteiger partial charge in [0.1, 0.15) is 0 Å². The van der Waals surface area contributed by atoms with Gasteiger partial charge in [-0.1, -0.05) is 6.92 Å². The summed E-state index contributed by atoms with van der Waals surface area (Å²) in [5.74, 6) is 0.0900. The number of rotatable bonds is 4. The van der Waals surface area contributed by atoms with E-state index in [-0.39, 0.29) is 5.75 Å². The molecule has 16 heavy (non-hydrogen) atoms. The lowest BCUT2D eigenvalue weighted by Crippen LogP contribution is -2.17. The zero-order valence-electron chi connectivity index (χ0n) is 9.25. The smallest absolute Gasteiger partial charge is 0.232 e. The molecule has 0 amide bonds. The molecule has 0 atom stereocenters. The minimum atomic E-state index is -3.30. The van der Waals surface area contributed by atoms with Gasteiger partial charge in [0.25, 0.3) is 0 Å². The van der Waals surface area contributed by atoms with Gasteiger partial charge in [-0.3, -0.25) is 4.72 Å². The van der Waals surface area contributed by atoms with E-state index in [1.54, 1.807) is 6.07 Å². The number of nitrogens with one attached hydrogen (secondary N) is 1. The summed E-state index contributed by atoms with van der Waals surface area (Å²) in [6.07, 6.45) is 0.568. The van der Waals surface area contributed by atoms with Crippen LogP contribution in [0.2, 0.25) is 0 Å². The summed E-state index contributed by atoms with van der Waals surface area (Å²) >= 11 is 3.29. The minimum Gasteiger partial charge on any atom is -0.397 e. The van der Waals surface area contributed by atoms with Gasteiger partial charge >= 0.3 is 0 Å².